The van der Waals surface area contributed by atoms with Crippen LogP contribution in [0.3, 0.4) is 0 Å². The molecule has 0 aromatic carbocycles. The van der Waals surface area contributed by atoms with Gasteiger partial charge in [0.05, 0.1) is 0 Å². The minimum absolute atomic E-state index is 0.620. The molecule has 6 heteroatoms. The SMILES string of the molecule is CN=C/C(=C\CCNC)c1ccc(C(F)(F)F)nc1. The minimum atomic E-state index is -4.41. The molecule has 3 nitrogen and oxygen atoms in total. The molecule has 0 aliphatic rings. The van der Waals surface area contributed by atoms with Crippen LogP contribution in [0.2, 0.25) is 0 Å². The Labute approximate surface area is 110 Å². The molecule has 0 spiro atoms. The third-order valence-electron chi connectivity index (χ3n) is 2.41. The van der Waals surface area contributed by atoms with Gasteiger partial charge in [-0.1, -0.05) is 12.1 Å². The van der Waals surface area contributed by atoms with E-state index in [9.17, 15) is 13.2 Å². The van der Waals surface area contributed by atoms with E-state index in [1.807, 2.05) is 13.1 Å². The normalized spacial score (nSPS) is 13.2. The molecule has 0 bridgehead atoms. The van der Waals surface area contributed by atoms with Crippen LogP contribution in [0.25, 0.3) is 5.57 Å². The van der Waals surface area contributed by atoms with Crippen molar-refractivity contribution in [3.63, 3.8) is 0 Å². The molecule has 0 atom stereocenters. The first-order valence-corrected chi connectivity index (χ1v) is 5.79. The summed E-state index contributed by atoms with van der Waals surface area (Å²) in [7, 11) is 3.45. The Balaban J connectivity index is 2.95. The van der Waals surface area contributed by atoms with Crippen LogP contribution in [0, 0.1) is 0 Å². The molecule has 0 radical (unpaired) electrons. The standard InChI is InChI=1S/C13H16F3N3/c1-17-7-3-4-10(8-18-2)11-5-6-12(19-9-11)13(14,15)16/h4-6,8-9,17H,3,7H2,1-2H3/b10-4+,18-8?. The molecule has 1 rings (SSSR count). The summed E-state index contributed by atoms with van der Waals surface area (Å²) in [5, 5.41) is 2.99. The molecule has 0 aliphatic carbocycles. The highest BCUT2D eigenvalue weighted by Crippen LogP contribution is 2.27. The van der Waals surface area contributed by atoms with E-state index in [0.717, 1.165) is 24.6 Å². The van der Waals surface area contributed by atoms with E-state index < -0.39 is 11.9 Å². The fourth-order valence-electron chi connectivity index (χ4n) is 1.49. The average Bonchev–Trinajstić information content (AvgIpc) is 2.37. The van der Waals surface area contributed by atoms with Crippen LogP contribution >= 0.6 is 0 Å². The summed E-state index contributed by atoms with van der Waals surface area (Å²) in [4.78, 5) is 7.34. The Bertz CT molecular complexity index is 447. The Morgan fingerprint density at radius 3 is 2.63 bits per heavy atom. The molecule has 1 aromatic heterocycles. The molecule has 0 fully saturated rings. The van der Waals surface area contributed by atoms with Gasteiger partial charge in [-0.2, -0.15) is 13.2 Å². The number of halogens is 3. The number of rotatable bonds is 5. The lowest BCUT2D eigenvalue weighted by Crippen LogP contribution is -2.08. The van der Waals surface area contributed by atoms with Crippen molar-refractivity contribution in [2.45, 2.75) is 12.6 Å². The number of hydrogen-bond acceptors (Lipinski definition) is 3. The second-order valence-electron chi connectivity index (χ2n) is 3.87. The van der Waals surface area contributed by atoms with Gasteiger partial charge in [0.2, 0.25) is 0 Å². The molecule has 19 heavy (non-hydrogen) atoms. The third-order valence-corrected chi connectivity index (χ3v) is 2.41. The zero-order valence-corrected chi connectivity index (χ0v) is 10.8. The quantitative estimate of drug-likeness (QED) is 0.660. The van der Waals surface area contributed by atoms with Crippen molar-refractivity contribution in [1.82, 2.24) is 10.3 Å². The third kappa shape index (κ3) is 4.82. The molecule has 104 valence electrons. The summed E-state index contributed by atoms with van der Waals surface area (Å²) < 4.78 is 37.2. The maximum Gasteiger partial charge on any atom is 0.433 e. The highest BCUT2D eigenvalue weighted by Gasteiger charge is 2.32. The summed E-state index contributed by atoms with van der Waals surface area (Å²) in [5.74, 6) is 0. The van der Waals surface area contributed by atoms with Crippen molar-refractivity contribution in [2.75, 3.05) is 20.6 Å². The van der Waals surface area contributed by atoms with Gasteiger partial charge in [-0.05, 0) is 31.7 Å². The molecule has 0 saturated heterocycles. The molecule has 0 aliphatic heterocycles. The van der Waals surface area contributed by atoms with Gasteiger partial charge in [-0.25, -0.2) is 0 Å². The Hall–Kier alpha value is -1.69. The van der Waals surface area contributed by atoms with Crippen molar-refractivity contribution in [2.24, 2.45) is 4.99 Å². The molecule has 1 N–H and O–H groups in total. The van der Waals surface area contributed by atoms with Crippen LogP contribution in [0.15, 0.2) is 29.4 Å². The van der Waals surface area contributed by atoms with Crippen molar-refractivity contribution in [1.29, 1.82) is 0 Å². The second-order valence-corrected chi connectivity index (χ2v) is 3.87. The maximum atomic E-state index is 12.4. The topological polar surface area (TPSA) is 37.3 Å². The van der Waals surface area contributed by atoms with Crippen molar-refractivity contribution >= 4 is 11.8 Å². The van der Waals surface area contributed by atoms with Crippen molar-refractivity contribution in [3.05, 3.63) is 35.7 Å². The zero-order valence-electron chi connectivity index (χ0n) is 10.8. The smallest absolute Gasteiger partial charge is 0.319 e. The summed E-state index contributed by atoms with van der Waals surface area (Å²) in [5.41, 5.74) is 0.493. The number of nitrogens with one attached hydrogen (secondary N) is 1. The van der Waals surface area contributed by atoms with E-state index in [1.165, 1.54) is 12.3 Å². The first kappa shape index (κ1) is 15.4. The first-order valence-electron chi connectivity index (χ1n) is 5.79. The van der Waals surface area contributed by atoms with Gasteiger partial charge in [-0.15, -0.1) is 0 Å². The van der Waals surface area contributed by atoms with E-state index in [-0.39, 0.29) is 0 Å². The molecule has 1 heterocycles. The Morgan fingerprint density at radius 1 is 1.42 bits per heavy atom. The molecule has 0 amide bonds. The number of nitrogens with zero attached hydrogens (tertiary/aromatic N) is 2. The predicted octanol–water partition coefficient (Wildman–Crippen LogP) is 2.79. The van der Waals surface area contributed by atoms with Gasteiger partial charge < -0.3 is 5.32 Å². The van der Waals surface area contributed by atoms with Crippen LogP contribution in [-0.4, -0.2) is 31.8 Å². The summed E-state index contributed by atoms with van der Waals surface area (Å²) in [6.45, 7) is 0.787. The van der Waals surface area contributed by atoms with E-state index in [4.69, 9.17) is 0 Å². The number of allylic oxidation sites excluding steroid dienone is 1. The average molecular weight is 271 g/mol. The van der Waals surface area contributed by atoms with Gasteiger partial charge in [-0.3, -0.25) is 9.98 Å². The van der Waals surface area contributed by atoms with Crippen LogP contribution < -0.4 is 5.32 Å². The van der Waals surface area contributed by atoms with Gasteiger partial charge in [0.25, 0.3) is 0 Å². The summed E-state index contributed by atoms with van der Waals surface area (Å²) >= 11 is 0. The second kappa shape index (κ2) is 7.04. The van der Waals surface area contributed by atoms with Crippen LogP contribution in [0.5, 0.6) is 0 Å². The van der Waals surface area contributed by atoms with Gasteiger partial charge >= 0.3 is 6.18 Å². The number of aromatic nitrogens is 1. The summed E-state index contributed by atoms with van der Waals surface area (Å²) in [6, 6.07) is 2.38. The first-order chi connectivity index (χ1) is 8.99. The van der Waals surface area contributed by atoms with E-state index in [2.05, 4.69) is 15.3 Å². The van der Waals surface area contributed by atoms with Crippen molar-refractivity contribution in [3.8, 4) is 0 Å². The largest absolute Gasteiger partial charge is 0.433 e. The highest BCUT2D eigenvalue weighted by molar-refractivity contribution is 6.09. The number of alkyl halides is 3. The lowest BCUT2D eigenvalue weighted by atomic mass is 10.1. The molecular weight excluding hydrogens is 255 g/mol. The monoisotopic (exact) mass is 271 g/mol. The van der Waals surface area contributed by atoms with Gasteiger partial charge in [0.15, 0.2) is 0 Å². The Morgan fingerprint density at radius 2 is 2.16 bits per heavy atom. The summed E-state index contributed by atoms with van der Waals surface area (Å²) in [6.07, 6.45) is 1.09. The highest BCUT2D eigenvalue weighted by atomic mass is 19.4. The molecular formula is C13H16F3N3. The van der Waals surface area contributed by atoms with Crippen LogP contribution in [0.1, 0.15) is 17.7 Å². The zero-order chi connectivity index (χ0) is 14.3. The molecule has 0 saturated carbocycles. The predicted molar refractivity (Wildman–Crippen MR) is 70.2 cm³/mol. The van der Waals surface area contributed by atoms with Crippen molar-refractivity contribution < 1.29 is 13.2 Å². The lowest BCUT2D eigenvalue weighted by molar-refractivity contribution is -0.141. The fraction of sp³-hybridized carbons (Fsp3) is 0.385. The lowest BCUT2D eigenvalue weighted by Gasteiger charge is -2.07. The van der Waals surface area contributed by atoms with Crippen LogP contribution in [-0.2, 0) is 6.18 Å². The van der Waals surface area contributed by atoms with Crippen LogP contribution in [0.4, 0.5) is 13.2 Å². The minimum Gasteiger partial charge on any atom is -0.319 e. The fourth-order valence-corrected chi connectivity index (χ4v) is 1.49. The molecule has 0 unspecified atom stereocenters. The van der Waals surface area contributed by atoms with E-state index >= 15 is 0 Å². The number of aliphatic imine (C=N–C) groups is 1. The van der Waals surface area contributed by atoms with E-state index in [1.54, 1.807) is 13.3 Å². The van der Waals surface area contributed by atoms with Gasteiger partial charge in [0, 0.05) is 25.0 Å². The van der Waals surface area contributed by atoms with Gasteiger partial charge in [0.1, 0.15) is 5.69 Å². The maximum absolute atomic E-state index is 12.4. The Kier molecular flexibility index (Phi) is 5.69. The molecule has 1 aromatic rings. The number of hydrogen-bond donors (Lipinski definition) is 1. The number of pyridine rings is 1. The van der Waals surface area contributed by atoms with E-state index in [0.29, 0.717) is 5.56 Å².